The average Bonchev–Trinajstić information content (AvgIpc) is 2.19. The second kappa shape index (κ2) is 5.50. The van der Waals surface area contributed by atoms with E-state index in [1.165, 1.54) is 0 Å². The maximum Gasteiger partial charge on any atom is 0.510 e. The van der Waals surface area contributed by atoms with Crippen LogP contribution in [0.2, 0.25) is 0 Å². The Bertz CT molecular complexity index is 287. The van der Waals surface area contributed by atoms with Crippen LogP contribution in [0.4, 0.5) is 4.79 Å². The van der Waals surface area contributed by atoms with Crippen molar-refractivity contribution in [3.05, 3.63) is 35.9 Å². The lowest BCUT2D eigenvalue weighted by Gasteiger charge is -2.12. The van der Waals surface area contributed by atoms with Gasteiger partial charge in [0.15, 0.2) is 6.07 Å². The molecule has 4 heteroatoms. The topological polar surface area (TPSA) is 35.5 Å². The van der Waals surface area contributed by atoms with Crippen molar-refractivity contribution in [2.24, 2.45) is 0 Å². The molecule has 0 aromatic heterocycles. The molecule has 0 aliphatic carbocycles. The maximum absolute atomic E-state index is 10.9. The lowest BCUT2D eigenvalue weighted by molar-refractivity contribution is 0.0388. The number of halogens is 1. The Morgan fingerprint density at radius 1 is 1.43 bits per heavy atom. The zero-order valence-corrected chi connectivity index (χ0v) is 8.53. The predicted molar refractivity (Wildman–Crippen MR) is 53.1 cm³/mol. The van der Waals surface area contributed by atoms with Crippen LogP contribution in [0.25, 0.3) is 0 Å². The predicted octanol–water partition coefficient (Wildman–Crippen LogP) is 3.10. The number of hydrogen-bond acceptors (Lipinski definition) is 3. The number of ether oxygens (including phenoxy) is 2. The van der Waals surface area contributed by atoms with Crippen LogP contribution in [0.5, 0.6) is 0 Å². The minimum atomic E-state index is -0.753. The van der Waals surface area contributed by atoms with Crippen molar-refractivity contribution < 1.29 is 14.3 Å². The van der Waals surface area contributed by atoms with Gasteiger partial charge in [-0.05, 0) is 12.5 Å². The quantitative estimate of drug-likeness (QED) is 0.573. The van der Waals surface area contributed by atoms with Crippen LogP contribution in [0.1, 0.15) is 18.6 Å². The molecule has 0 N–H and O–H groups in total. The molecule has 76 valence electrons. The van der Waals surface area contributed by atoms with E-state index >= 15 is 0 Å². The average molecular weight is 215 g/mol. The molecule has 0 spiro atoms. The molecular weight excluding hydrogens is 204 g/mol. The summed E-state index contributed by atoms with van der Waals surface area (Å²) in [4.78, 5) is 10.9. The van der Waals surface area contributed by atoms with Crippen molar-refractivity contribution >= 4 is 17.8 Å². The summed E-state index contributed by atoms with van der Waals surface area (Å²) in [5.74, 6) is 0. The summed E-state index contributed by atoms with van der Waals surface area (Å²) in [6.07, 6.45) is -1.08. The minimum absolute atomic E-state index is 0.194. The second-order valence-corrected chi connectivity index (χ2v) is 2.89. The van der Waals surface area contributed by atoms with Crippen LogP contribution in [0, 0.1) is 0 Å². The van der Waals surface area contributed by atoms with Gasteiger partial charge < -0.3 is 9.47 Å². The van der Waals surface area contributed by atoms with Gasteiger partial charge in [-0.25, -0.2) is 4.79 Å². The minimum Gasteiger partial charge on any atom is -0.426 e. The molecule has 1 rings (SSSR count). The van der Waals surface area contributed by atoms with Crippen LogP contribution in [-0.4, -0.2) is 12.2 Å². The fraction of sp³-hybridized carbons (Fsp3) is 0.300. The number of hydrogen-bond donors (Lipinski definition) is 0. The largest absolute Gasteiger partial charge is 0.510 e. The van der Waals surface area contributed by atoms with Crippen molar-refractivity contribution in [3.8, 4) is 0 Å². The first-order chi connectivity index (χ1) is 6.74. The summed E-state index contributed by atoms with van der Waals surface area (Å²) in [7, 11) is 0. The lowest BCUT2D eigenvalue weighted by atomic mass is 10.1. The van der Waals surface area contributed by atoms with Crippen molar-refractivity contribution in [1.82, 2.24) is 0 Å². The summed E-state index contributed by atoms with van der Waals surface area (Å²) in [5, 5.41) is 0. The molecule has 0 saturated carbocycles. The molecule has 0 heterocycles. The van der Waals surface area contributed by atoms with E-state index in [1.807, 2.05) is 30.3 Å². The second-order valence-electron chi connectivity index (χ2n) is 2.67. The Balaban J connectivity index is 2.50. The molecule has 0 aliphatic heterocycles. The fourth-order valence-corrected chi connectivity index (χ4v) is 1.10. The van der Waals surface area contributed by atoms with Gasteiger partial charge in [-0.3, -0.25) is 0 Å². The van der Waals surface area contributed by atoms with Crippen molar-refractivity contribution in [1.29, 1.82) is 0 Å². The third-order valence-electron chi connectivity index (χ3n) is 1.71. The molecular formula is C10H11ClO3. The molecule has 0 bridgehead atoms. The van der Waals surface area contributed by atoms with Crippen LogP contribution in [0.3, 0.4) is 0 Å². The van der Waals surface area contributed by atoms with Gasteiger partial charge in [-0.1, -0.05) is 41.9 Å². The molecule has 3 nitrogen and oxygen atoms in total. The molecule has 14 heavy (non-hydrogen) atoms. The highest BCUT2D eigenvalue weighted by atomic mass is 35.5. The Morgan fingerprint density at radius 3 is 2.64 bits per heavy atom. The molecule has 1 atom stereocenters. The van der Waals surface area contributed by atoms with E-state index in [0.717, 1.165) is 5.56 Å². The van der Waals surface area contributed by atoms with Crippen LogP contribution in [-0.2, 0) is 9.47 Å². The molecule has 1 aromatic rings. The van der Waals surface area contributed by atoms with Gasteiger partial charge in [0.05, 0.1) is 0 Å². The highest BCUT2D eigenvalue weighted by Gasteiger charge is 2.11. The number of carbonyl (C=O) groups is 1. The normalized spacial score (nSPS) is 11.9. The summed E-state index contributed by atoms with van der Waals surface area (Å²) in [6.45, 7) is 1.77. The smallest absolute Gasteiger partial charge is 0.426 e. The van der Waals surface area contributed by atoms with Gasteiger partial charge in [-0.2, -0.15) is 0 Å². The standard InChI is InChI=1S/C10H11ClO3/c1-8(14-10(12)13-7-11)9-5-3-2-4-6-9/h2-6,8H,7H2,1H3. The first-order valence-electron chi connectivity index (χ1n) is 4.18. The number of carbonyl (C=O) groups excluding carboxylic acids is 1. The van der Waals surface area contributed by atoms with E-state index in [1.54, 1.807) is 6.92 Å². The van der Waals surface area contributed by atoms with Gasteiger partial charge in [-0.15, -0.1) is 0 Å². The molecule has 1 aromatic carbocycles. The van der Waals surface area contributed by atoms with Gasteiger partial charge in [0.1, 0.15) is 6.10 Å². The van der Waals surface area contributed by atoms with Gasteiger partial charge in [0.2, 0.25) is 0 Å². The lowest BCUT2D eigenvalue weighted by Crippen LogP contribution is -2.09. The first kappa shape index (κ1) is 10.9. The highest BCUT2D eigenvalue weighted by Crippen LogP contribution is 2.16. The zero-order valence-electron chi connectivity index (χ0n) is 7.77. The molecule has 1 unspecified atom stereocenters. The number of rotatable bonds is 3. The number of alkyl halides is 1. The Labute approximate surface area is 87.6 Å². The van der Waals surface area contributed by atoms with Gasteiger partial charge >= 0.3 is 6.16 Å². The van der Waals surface area contributed by atoms with E-state index in [0.29, 0.717) is 0 Å². The molecule has 0 radical (unpaired) electrons. The molecule has 0 aliphatic rings. The maximum atomic E-state index is 10.9. The van der Waals surface area contributed by atoms with Crippen LogP contribution >= 0.6 is 11.6 Å². The van der Waals surface area contributed by atoms with Crippen molar-refractivity contribution in [2.45, 2.75) is 13.0 Å². The summed E-state index contributed by atoms with van der Waals surface area (Å²) in [5.41, 5.74) is 0.916. The van der Waals surface area contributed by atoms with E-state index in [2.05, 4.69) is 4.74 Å². The van der Waals surface area contributed by atoms with Gasteiger partial charge in [0.25, 0.3) is 0 Å². The third kappa shape index (κ3) is 3.26. The molecule has 0 saturated heterocycles. The van der Waals surface area contributed by atoms with Crippen LogP contribution in [0.15, 0.2) is 30.3 Å². The van der Waals surface area contributed by atoms with Gasteiger partial charge in [0, 0.05) is 0 Å². The van der Waals surface area contributed by atoms with Crippen LogP contribution < -0.4 is 0 Å². The summed E-state index contributed by atoms with van der Waals surface area (Å²) >= 11 is 5.20. The first-order valence-corrected chi connectivity index (χ1v) is 4.72. The SMILES string of the molecule is CC(OC(=O)OCCl)c1ccccc1. The van der Waals surface area contributed by atoms with E-state index in [-0.39, 0.29) is 12.2 Å². The third-order valence-corrected chi connectivity index (χ3v) is 1.82. The molecule has 0 fully saturated rings. The fourth-order valence-electron chi connectivity index (χ4n) is 1.01. The Hall–Kier alpha value is -1.22. The van der Waals surface area contributed by atoms with E-state index in [4.69, 9.17) is 16.3 Å². The Kier molecular flexibility index (Phi) is 4.26. The van der Waals surface area contributed by atoms with Crippen molar-refractivity contribution in [3.63, 3.8) is 0 Å². The summed E-state index contributed by atoms with van der Waals surface area (Å²) in [6, 6.07) is 9.20. The monoisotopic (exact) mass is 214 g/mol. The highest BCUT2D eigenvalue weighted by molar-refractivity contribution is 6.17. The van der Waals surface area contributed by atoms with Crippen molar-refractivity contribution in [2.75, 3.05) is 6.07 Å². The number of benzene rings is 1. The van der Waals surface area contributed by atoms with E-state index < -0.39 is 6.16 Å². The Morgan fingerprint density at radius 2 is 2.07 bits per heavy atom. The molecule has 0 amide bonds. The summed E-state index contributed by atoms with van der Waals surface area (Å²) < 4.78 is 9.37. The zero-order chi connectivity index (χ0) is 10.4. The van der Waals surface area contributed by atoms with E-state index in [9.17, 15) is 4.79 Å².